The first-order chi connectivity index (χ1) is 11.6. The molecule has 0 saturated heterocycles. The fourth-order valence-corrected chi connectivity index (χ4v) is 1.86. The van der Waals surface area contributed by atoms with Crippen LogP contribution in [0.3, 0.4) is 0 Å². The lowest BCUT2D eigenvalue weighted by atomic mass is 10.2. The zero-order valence-corrected chi connectivity index (χ0v) is 13.2. The fraction of sp³-hybridized carbons (Fsp3) is 0.111. The maximum Gasteiger partial charge on any atom is 0.271 e. The van der Waals surface area contributed by atoms with Gasteiger partial charge in [-0.3, -0.25) is 4.79 Å². The number of hydrogen-bond donors (Lipinski definition) is 2. The molecule has 2 aromatic rings. The first-order valence-electron chi connectivity index (χ1n) is 7.18. The van der Waals surface area contributed by atoms with Crippen molar-refractivity contribution >= 4 is 12.1 Å². The van der Waals surface area contributed by atoms with Gasteiger partial charge >= 0.3 is 0 Å². The average Bonchev–Trinajstić information content (AvgIpc) is 2.61. The minimum Gasteiger partial charge on any atom is -0.504 e. The SMILES string of the molecule is C=CCOc1ccc(C(=O)N/N=C/c2ccc(O)c(OC)c2)cc1. The van der Waals surface area contributed by atoms with E-state index in [1.54, 1.807) is 42.5 Å². The van der Waals surface area contributed by atoms with Crippen molar-refractivity contribution in [1.82, 2.24) is 5.43 Å². The summed E-state index contributed by atoms with van der Waals surface area (Å²) in [5.74, 6) is 0.691. The Morgan fingerprint density at radius 1 is 1.29 bits per heavy atom. The lowest BCUT2D eigenvalue weighted by molar-refractivity contribution is 0.0955. The largest absolute Gasteiger partial charge is 0.504 e. The zero-order valence-electron chi connectivity index (χ0n) is 13.2. The summed E-state index contributed by atoms with van der Waals surface area (Å²) in [4.78, 5) is 12.0. The number of ether oxygens (including phenoxy) is 2. The van der Waals surface area contributed by atoms with Crippen LogP contribution in [-0.4, -0.2) is 30.9 Å². The topological polar surface area (TPSA) is 80.2 Å². The molecule has 6 heteroatoms. The molecule has 2 N–H and O–H groups in total. The summed E-state index contributed by atoms with van der Waals surface area (Å²) >= 11 is 0. The third-order valence-electron chi connectivity index (χ3n) is 3.07. The molecule has 0 aromatic heterocycles. The molecule has 0 aliphatic carbocycles. The number of benzene rings is 2. The van der Waals surface area contributed by atoms with Crippen LogP contribution in [0.5, 0.6) is 17.2 Å². The zero-order chi connectivity index (χ0) is 17.4. The number of phenolic OH excluding ortho intramolecular Hbond substituents is 1. The molecule has 0 radical (unpaired) electrons. The molecule has 0 saturated carbocycles. The Balaban J connectivity index is 1.96. The van der Waals surface area contributed by atoms with Crippen molar-refractivity contribution in [2.45, 2.75) is 0 Å². The summed E-state index contributed by atoms with van der Waals surface area (Å²) in [5, 5.41) is 13.4. The van der Waals surface area contributed by atoms with Gasteiger partial charge in [0.15, 0.2) is 11.5 Å². The molecule has 2 aromatic carbocycles. The van der Waals surface area contributed by atoms with Gasteiger partial charge in [-0.15, -0.1) is 0 Å². The molecule has 0 atom stereocenters. The number of hydrazone groups is 1. The number of methoxy groups -OCH3 is 1. The molecule has 0 fully saturated rings. The predicted molar refractivity (Wildman–Crippen MR) is 91.9 cm³/mol. The number of rotatable bonds is 7. The van der Waals surface area contributed by atoms with Gasteiger partial charge in [0, 0.05) is 5.56 Å². The first kappa shape index (κ1) is 17.1. The lowest BCUT2D eigenvalue weighted by Gasteiger charge is -2.05. The normalized spacial score (nSPS) is 10.4. The summed E-state index contributed by atoms with van der Waals surface area (Å²) in [6.45, 7) is 3.98. The third kappa shape index (κ3) is 4.61. The lowest BCUT2D eigenvalue weighted by Crippen LogP contribution is -2.17. The van der Waals surface area contributed by atoms with Gasteiger partial charge < -0.3 is 14.6 Å². The van der Waals surface area contributed by atoms with Crippen LogP contribution >= 0.6 is 0 Å². The summed E-state index contributed by atoms with van der Waals surface area (Å²) < 4.78 is 10.4. The smallest absolute Gasteiger partial charge is 0.271 e. The van der Waals surface area contributed by atoms with Crippen LogP contribution in [0.1, 0.15) is 15.9 Å². The van der Waals surface area contributed by atoms with E-state index in [-0.39, 0.29) is 11.7 Å². The van der Waals surface area contributed by atoms with E-state index >= 15 is 0 Å². The Labute approximate surface area is 140 Å². The second-order valence-corrected chi connectivity index (χ2v) is 4.75. The molecule has 1 amide bonds. The van der Waals surface area contributed by atoms with Gasteiger partial charge in [0.1, 0.15) is 12.4 Å². The molecule has 0 aliphatic heterocycles. The van der Waals surface area contributed by atoms with Gasteiger partial charge in [0.25, 0.3) is 5.91 Å². The highest BCUT2D eigenvalue weighted by Crippen LogP contribution is 2.25. The van der Waals surface area contributed by atoms with Crippen molar-refractivity contribution < 1.29 is 19.4 Å². The van der Waals surface area contributed by atoms with Gasteiger partial charge in [0.2, 0.25) is 0 Å². The minimum atomic E-state index is -0.340. The van der Waals surface area contributed by atoms with Gasteiger partial charge in [0.05, 0.1) is 13.3 Å². The second kappa shape index (κ2) is 8.38. The molecular weight excluding hydrogens is 308 g/mol. The van der Waals surface area contributed by atoms with E-state index in [4.69, 9.17) is 9.47 Å². The number of hydrogen-bond acceptors (Lipinski definition) is 5. The minimum absolute atomic E-state index is 0.0393. The van der Waals surface area contributed by atoms with Crippen LogP contribution < -0.4 is 14.9 Å². The predicted octanol–water partition coefficient (Wildman–Crippen LogP) is 2.73. The highest BCUT2D eigenvalue weighted by atomic mass is 16.5. The fourth-order valence-electron chi connectivity index (χ4n) is 1.86. The Morgan fingerprint density at radius 2 is 2.04 bits per heavy atom. The summed E-state index contributed by atoms with van der Waals surface area (Å²) in [6.07, 6.45) is 3.11. The first-order valence-corrected chi connectivity index (χ1v) is 7.18. The van der Waals surface area contributed by atoms with Crippen LogP contribution in [0, 0.1) is 0 Å². The van der Waals surface area contributed by atoms with Crippen LogP contribution in [0.25, 0.3) is 0 Å². The quantitative estimate of drug-likeness (QED) is 0.466. The number of phenols is 1. The van der Waals surface area contributed by atoms with Gasteiger partial charge in [-0.2, -0.15) is 5.10 Å². The number of nitrogens with one attached hydrogen (secondary N) is 1. The summed E-state index contributed by atoms with van der Waals surface area (Å²) in [5.41, 5.74) is 3.57. The van der Waals surface area contributed by atoms with Crippen molar-refractivity contribution in [3.8, 4) is 17.2 Å². The van der Waals surface area contributed by atoms with E-state index < -0.39 is 0 Å². The van der Waals surface area contributed by atoms with Crippen molar-refractivity contribution in [2.75, 3.05) is 13.7 Å². The monoisotopic (exact) mass is 326 g/mol. The molecule has 0 spiro atoms. The molecule has 0 unspecified atom stereocenters. The number of amides is 1. The molecule has 0 heterocycles. The summed E-state index contributed by atoms with van der Waals surface area (Å²) in [6, 6.07) is 11.4. The molecule has 0 bridgehead atoms. The van der Waals surface area contributed by atoms with Crippen molar-refractivity contribution in [3.63, 3.8) is 0 Å². The number of carbonyl (C=O) groups excluding carboxylic acids is 1. The van der Waals surface area contributed by atoms with Crippen LogP contribution in [-0.2, 0) is 0 Å². The van der Waals surface area contributed by atoms with Crippen molar-refractivity contribution in [1.29, 1.82) is 0 Å². The van der Waals surface area contributed by atoms with Crippen molar-refractivity contribution in [2.24, 2.45) is 5.10 Å². The van der Waals surface area contributed by atoms with Gasteiger partial charge in [-0.1, -0.05) is 12.7 Å². The van der Waals surface area contributed by atoms with Crippen LogP contribution in [0.4, 0.5) is 0 Å². The molecular formula is C18H18N2O4. The molecule has 124 valence electrons. The second-order valence-electron chi connectivity index (χ2n) is 4.75. The summed E-state index contributed by atoms with van der Waals surface area (Å²) in [7, 11) is 1.46. The molecule has 24 heavy (non-hydrogen) atoms. The van der Waals surface area contributed by atoms with Gasteiger partial charge in [-0.05, 0) is 48.0 Å². The molecule has 0 aliphatic rings. The third-order valence-corrected chi connectivity index (χ3v) is 3.07. The van der Waals surface area contributed by atoms with E-state index in [2.05, 4.69) is 17.1 Å². The van der Waals surface area contributed by atoms with E-state index in [0.29, 0.717) is 29.2 Å². The van der Waals surface area contributed by atoms with Crippen molar-refractivity contribution in [3.05, 3.63) is 66.2 Å². The Kier molecular flexibility index (Phi) is 5.96. The molecule has 2 rings (SSSR count). The Bertz CT molecular complexity index is 739. The average molecular weight is 326 g/mol. The van der Waals surface area contributed by atoms with E-state index in [9.17, 15) is 9.90 Å². The molecule has 6 nitrogen and oxygen atoms in total. The van der Waals surface area contributed by atoms with E-state index in [1.807, 2.05) is 0 Å². The number of aromatic hydroxyl groups is 1. The van der Waals surface area contributed by atoms with Crippen LogP contribution in [0.2, 0.25) is 0 Å². The number of nitrogens with zero attached hydrogens (tertiary/aromatic N) is 1. The maximum absolute atomic E-state index is 12.0. The van der Waals surface area contributed by atoms with Crippen LogP contribution in [0.15, 0.2) is 60.2 Å². The standard InChI is InChI=1S/C18H18N2O4/c1-3-10-24-15-7-5-14(6-8-15)18(22)20-19-12-13-4-9-16(21)17(11-13)23-2/h3-9,11-12,21H,1,10H2,2H3,(H,20,22)/b19-12+. The maximum atomic E-state index is 12.0. The van der Waals surface area contributed by atoms with E-state index in [0.717, 1.165) is 0 Å². The highest BCUT2D eigenvalue weighted by Gasteiger charge is 2.05. The van der Waals surface area contributed by atoms with E-state index in [1.165, 1.54) is 19.4 Å². The Hall–Kier alpha value is -3.28. The van der Waals surface area contributed by atoms with Gasteiger partial charge in [-0.25, -0.2) is 5.43 Å². The Morgan fingerprint density at radius 3 is 2.71 bits per heavy atom. The highest BCUT2D eigenvalue weighted by molar-refractivity contribution is 5.95. The number of carbonyl (C=O) groups is 1.